The van der Waals surface area contributed by atoms with Crippen LogP contribution in [0.5, 0.6) is 0 Å². The van der Waals surface area contributed by atoms with Crippen molar-refractivity contribution in [3.05, 3.63) is 60.2 Å². The van der Waals surface area contributed by atoms with E-state index in [0.29, 0.717) is 11.0 Å². The minimum Gasteiger partial charge on any atom is -0.453 e. The Morgan fingerprint density at radius 2 is 2.07 bits per heavy atom. The number of rotatable bonds is 4. The van der Waals surface area contributed by atoms with Crippen LogP contribution in [0, 0.1) is 17.8 Å². The highest BCUT2D eigenvalue weighted by Crippen LogP contribution is 2.25. The maximum Gasteiger partial charge on any atom is 0.346 e. The Labute approximate surface area is 165 Å². The maximum atomic E-state index is 12.1. The van der Waals surface area contributed by atoms with Crippen molar-refractivity contribution in [2.75, 3.05) is 12.4 Å². The van der Waals surface area contributed by atoms with Crippen LogP contribution in [-0.4, -0.2) is 35.4 Å². The number of hydrogen-bond donors (Lipinski definition) is 0. The fourth-order valence-corrected chi connectivity index (χ4v) is 3.37. The van der Waals surface area contributed by atoms with Gasteiger partial charge in [-0.2, -0.15) is 0 Å². The van der Waals surface area contributed by atoms with Crippen molar-refractivity contribution in [1.29, 1.82) is 0 Å². The molecule has 0 unspecified atom stereocenters. The third-order valence-corrected chi connectivity index (χ3v) is 4.82. The van der Waals surface area contributed by atoms with Crippen molar-refractivity contribution in [3.63, 3.8) is 0 Å². The molecule has 2 heterocycles. The molecule has 0 radical (unpaired) electrons. The molecule has 6 nitrogen and oxygen atoms in total. The number of thioether (sulfide) groups is 1. The molecule has 0 saturated heterocycles. The summed E-state index contributed by atoms with van der Waals surface area (Å²) in [5.74, 6) is 4.50. The number of benzene rings is 1. The zero-order chi connectivity index (χ0) is 19.3. The number of esters is 2. The molecule has 2 aromatic rings. The standard InChI is InChI=1S/C21H15NO5S/c23-19(15-13-14-7-1-3-9-17(14)26-20(15)24)25-11-5-6-12-28-21-22-16-8-2-4-10-18(16)27-21/h1-4,7-10,13-14,17H,11-12H2/t14-,17+/m1/s1. The second kappa shape index (κ2) is 8.19. The van der Waals surface area contributed by atoms with Gasteiger partial charge in [-0.05, 0) is 18.2 Å². The number of carbonyl (C=O) groups excluding carboxylic acids is 2. The van der Waals surface area contributed by atoms with Gasteiger partial charge in [0.1, 0.15) is 17.2 Å². The summed E-state index contributed by atoms with van der Waals surface area (Å²) in [7, 11) is 0. The van der Waals surface area contributed by atoms with Crippen LogP contribution in [0.15, 0.2) is 69.9 Å². The van der Waals surface area contributed by atoms with Crippen molar-refractivity contribution in [3.8, 4) is 11.8 Å². The van der Waals surface area contributed by atoms with Gasteiger partial charge in [-0.1, -0.05) is 60.0 Å². The van der Waals surface area contributed by atoms with Crippen molar-refractivity contribution in [1.82, 2.24) is 4.98 Å². The fraction of sp³-hybridized carbons (Fsp3) is 0.190. The van der Waals surface area contributed by atoms with Gasteiger partial charge in [0.15, 0.2) is 12.2 Å². The van der Waals surface area contributed by atoms with Crippen molar-refractivity contribution in [2.45, 2.75) is 11.3 Å². The number of allylic oxidation sites excluding steroid dienone is 2. The molecule has 140 valence electrons. The van der Waals surface area contributed by atoms with Crippen LogP contribution in [-0.2, 0) is 19.1 Å². The van der Waals surface area contributed by atoms with Gasteiger partial charge < -0.3 is 13.9 Å². The number of fused-ring (bicyclic) bond motifs is 2. The van der Waals surface area contributed by atoms with E-state index in [-0.39, 0.29) is 24.2 Å². The van der Waals surface area contributed by atoms with Gasteiger partial charge in [0.2, 0.25) is 0 Å². The third-order valence-electron chi connectivity index (χ3n) is 4.11. The molecule has 0 saturated carbocycles. The first-order chi connectivity index (χ1) is 13.7. The molecule has 7 heteroatoms. The number of oxazole rings is 1. The Morgan fingerprint density at radius 3 is 2.96 bits per heavy atom. The van der Waals surface area contributed by atoms with E-state index in [4.69, 9.17) is 13.9 Å². The average Bonchev–Trinajstić information content (AvgIpc) is 3.12. The maximum absolute atomic E-state index is 12.1. The first-order valence-electron chi connectivity index (χ1n) is 8.60. The van der Waals surface area contributed by atoms with E-state index >= 15 is 0 Å². The van der Waals surface area contributed by atoms with E-state index in [1.807, 2.05) is 36.4 Å². The lowest BCUT2D eigenvalue weighted by molar-refractivity contribution is -0.150. The molecule has 1 aliphatic heterocycles. The highest BCUT2D eigenvalue weighted by molar-refractivity contribution is 7.99. The molecule has 0 bridgehead atoms. The first kappa shape index (κ1) is 18.1. The summed E-state index contributed by atoms with van der Waals surface area (Å²) in [6.45, 7) is -0.110. The first-order valence-corrected chi connectivity index (χ1v) is 9.58. The van der Waals surface area contributed by atoms with Crippen LogP contribution in [0.1, 0.15) is 0 Å². The van der Waals surface area contributed by atoms with Gasteiger partial charge in [0.05, 0.1) is 5.75 Å². The summed E-state index contributed by atoms with van der Waals surface area (Å²) >= 11 is 1.35. The summed E-state index contributed by atoms with van der Waals surface area (Å²) in [6.07, 6.45) is 8.52. The van der Waals surface area contributed by atoms with Crippen LogP contribution >= 0.6 is 11.8 Å². The van der Waals surface area contributed by atoms with E-state index in [1.54, 1.807) is 18.2 Å². The molecule has 0 N–H and O–H groups in total. The SMILES string of the molecule is O=C(OCC#CCSc1nc2ccccc2o1)C1=C[C@H]2C=CC=C[C@@H]2OC1=O. The quantitative estimate of drug-likeness (QED) is 0.342. The molecule has 1 aromatic heterocycles. The van der Waals surface area contributed by atoms with Crippen LogP contribution < -0.4 is 0 Å². The minimum atomic E-state index is -0.729. The summed E-state index contributed by atoms with van der Waals surface area (Å²) in [6, 6.07) is 7.51. The summed E-state index contributed by atoms with van der Waals surface area (Å²) in [4.78, 5) is 28.4. The Bertz CT molecular complexity index is 1040. The molecular weight excluding hydrogens is 378 g/mol. The summed E-state index contributed by atoms with van der Waals surface area (Å²) < 4.78 is 15.9. The van der Waals surface area contributed by atoms with Crippen LogP contribution in [0.25, 0.3) is 11.1 Å². The van der Waals surface area contributed by atoms with E-state index in [1.165, 1.54) is 11.8 Å². The number of para-hydroxylation sites is 2. The molecule has 1 aliphatic carbocycles. The lowest BCUT2D eigenvalue weighted by atomic mass is 9.93. The van der Waals surface area contributed by atoms with E-state index in [9.17, 15) is 9.59 Å². The largest absolute Gasteiger partial charge is 0.453 e. The smallest absolute Gasteiger partial charge is 0.346 e. The Morgan fingerprint density at radius 1 is 1.21 bits per heavy atom. The van der Waals surface area contributed by atoms with Gasteiger partial charge in [0.25, 0.3) is 5.22 Å². The van der Waals surface area contributed by atoms with Crippen molar-refractivity contribution >= 4 is 34.8 Å². The monoisotopic (exact) mass is 393 g/mol. The second-order valence-electron chi connectivity index (χ2n) is 5.96. The van der Waals surface area contributed by atoms with Crippen LogP contribution in [0.3, 0.4) is 0 Å². The van der Waals surface area contributed by atoms with Gasteiger partial charge >= 0.3 is 11.9 Å². The van der Waals surface area contributed by atoms with Crippen LogP contribution in [0.4, 0.5) is 0 Å². The van der Waals surface area contributed by atoms with Crippen LogP contribution in [0.2, 0.25) is 0 Å². The van der Waals surface area contributed by atoms with Gasteiger partial charge in [-0.25, -0.2) is 14.6 Å². The molecule has 0 spiro atoms. The Hall–Kier alpha value is -3.24. The molecule has 4 rings (SSSR count). The number of aromatic nitrogens is 1. The third kappa shape index (κ3) is 4.02. The molecular formula is C21H15NO5S. The minimum absolute atomic E-state index is 0.0937. The highest BCUT2D eigenvalue weighted by atomic mass is 32.2. The van der Waals surface area contributed by atoms with Gasteiger partial charge in [-0.15, -0.1) is 0 Å². The Balaban J connectivity index is 1.26. The van der Waals surface area contributed by atoms with E-state index in [2.05, 4.69) is 16.8 Å². The zero-order valence-electron chi connectivity index (χ0n) is 14.7. The lowest BCUT2D eigenvalue weighted by Crippen LogP contribution is -2.33. The average molecular weight is 393 g/mol. The molecule has 2 atom stereocenters. The van der Waals surface area contributed by atoms with Gasteiger partial charge in [-0.3, -0.25) is 0 Å². The van der Waals surface area contributed by atoms with Crippen molar-refractivity contribution in [2.24, 2.45) is 5.92 Å². The van der Waals surface area contributed by atoms with E-state index in [0.717, 1.165) is 11.1 Å². The lowest BCUT2D eigenvalue weighted by Gasteiger charge is -2.26. The molecule has 0 amide bonds. The zero-order valence-corrected chi connectivity index (χ0v) is 15.5. The second-order valence-corrected chi connectivity index (χ2v) is 6.89. The molecule has 0 fully saturated rings. The van der Waals surface area contributed by atoms with Gasteiger partial charge in [0, 0.05) is 5.92 Å². The van der Waals surface area contributed by atoms with E-state index < -0.39 is 11.9 Å². The summed E-state index contributed by atoms with van der Waals surface area (Å²) in [5.41, 5.74) is 1.43. The molecule has 28 heavy (non-hydrogen) atoms. The summed E-state index contributed by atoms with van der Waals surface area (Å²) in [5, 5.41) is 0.534. The fourth-order valence-electron chi connectivity index (χ4n) is 2.76. The topological polar surface area (TPSA) is 78.6 Å². The number of nitrogens with zero attached hydrogens (tertiary/aromatic N) is 1. The highest BCUT2D eigenvalue weighted by Gasteiger charge is 2.33. The molecule has 2 aliphatic rings. The number of ether oxygens (including phenoxy) is 2. The number of carbonyl (C=O) groups is 2. The predicted octanol–water partition coefficient (Wildman–Crippen LogP) is 3.06. The molecule has 1 aromatic carbocycles. The Kier molecular flexibility index (Phi) is 5.31. The normalized spacial score (nSPS) is 20.0. The number of hydrogen-bond acceptors (Lipinski definition) is 7. The predicted molar refractivity (Wildman–Crippen MR) is 103 cm³/mol. The van der Waals surface area contributed by atoms with Crippen molar-refractivity contribution < 1.29 is 23.5 Å².